The van der Waals surface area contributed by atoms with E-state index in [4.69, 9.17) is 15.3 Å². The van der Waals surface area contributed by atoms with E-state index < -0.39 is 0 Å². The highest BCUT2D eigenvalue weighted by Gasteiger charge is 2.20. The minimum atomic E-state index is -0.136. The molecule has 0 bridgehead atoms. The number of ketones is 1. The van der Waals surface area contributed by atoms with E-state index in [-0.39, 0.29) is 5.78 Å². The number of benzene rings is 3. The summed E-state index contributed by atoms with van der Waals surface area (Å²) in [7, 11) is 0. The van der Waals surface area contributed by atoms with Crippen LogP contribution in [0.3, 0.4) is 0 Å². The van der Waals surface area contributed by atoms with Gasteiger partial charge in [0.1, 0.15) is 5.82 Å². The number of allylic oxidation sites excluding steroid dienone is 1. The van der Waals surface area contributed by atoms with Crippen LogP contribution in [0.4, 0.5) is 0 Å². The Morgan fingerprint density at radius 3 is 2.41 bits per heavy atom. The van der Waals surface area contributed by atoms with Gasteiger partial charge in [0, 0.05) is 22.9 Å². The molecule has 0 unspecified atom stereocenters. The summed E-state index contributed by atoms with van der Waals surface area (Å²) >= 11 is 0. The van der Waals surface area contributed by atoms with E-state index in [1.54, 1.807) is 16.8 Å². The molecule has 2 heterocycles. The lowest BCUT2D eigenvalue weighted by Crippen LogP contribution is -2.04. The van der Waals surface area contributed by atoms with Gasteiger partial charge in [-0.3, -0.25) is 9.48 Å². The summed E-state index contributed by atoms with van der Waals surface area (Å²) in [6, 6.07) is 28.8. The number of nitriles is 1. The van der Waals surface area contributed by atoms with Crippen LogP contribution in [0.15, 0.2) is 91.1 Å². The van der Waals surface area contributed by atoms with E-state index in [0.717, 1.165) is 27.9 Å². The number of Topliss-reactive ketones (excluding diaryl/α,β-unsaturated/α-hetero) is 1. The van der Waals surface area contributed by atoms with E-state index in [9.17, 15) is 4.79 Å². The number of fused-ring (bicyclic) bond motifs is 1. The molecule has 0 aliphatic rings. The van der Waals surface area contributed by atoms with E-state index in [1.807, 2.05) is 85.1 Å². The van der Waals surface area contributed by atoms with Crippen molar-refractivity contribution >= 4 is 28.5 Å². The summed E-state index contributed by atoms with van der Waals surface area (Å²) in [6.07, 6.45) is 4.06. The lowest BCUT2D eigenvalue weighted by atomic mass is 9.99. The van der Waals surface area contributed by atoms with Gasteiger partial charge in [-0.1, -0.05) is 72.8 Å². The molecule has 0 saturated heterocycles. The molecule has 0 aliphatic heterocycles. The summed E-state index contributed by atoms with van der Waals surface area (Å²) in [5.41, 5.74) is 5.12. The Labute approximate surface area is 196 Å². The van der Waals surface area contributed by atoms with Gasteiger partial charge in [0.05, 0.1) is 41.3 Å². The van der Waals surface area contributed by atoms with Crippen LogP contribution in [0.25, 0.3) is 33.9 Å². The Hall–Kier alpha value is -4.76. The molecule has 2 aromatic heterocycles. The number of hydrogen-bond donors (Lipinski definition) is 1. The first kappa shape index (κ1) is 21.1. The van der Waals surface area contributed by atoms with Crippen molar-refractivity contribution in [2.75, 3.05) is 0 Å². The number of imidazole rings is 1. The molecular weight excluding hydrogens is 422 g/mol. The molecule has 0 amide bonds. The lowest BCUT2D eigenvalue weighted by molar-refractivity contribution is 0.105. The minimum Gasteiger partial charge on any atom is -0.338 e. The maximum atomic E-state index is 13.7. The second-order valence-electron chi connectivity index (χ2n) is 7.83. The van der Waals surface area contributed by atoms with Gasteiger partial charge >= 0.3 is 0 Å². The van der Waals surface area contributed by atoms with Crippen molar-refractivity contribution < 1.29 is 4.79 Å². The average Bonchev–Trinajstić information content (AvgIpc) is 3.50. The van der Waals surface area contributed by atoms with Crippen molar-refractivity contribution in [1.29, 1.82) is 5.26 Å². The zero-order chi connectivity index (χ0) is 23.3. The highest BCUT2D eigenvalue weighted by atomic mass is 16.1. The van der Waals surface area contributed by atoms with Crippen molar-refractivity contribution in [2.45, 2.75) is 13.0 Å². The van der Waals surface area contributed by atoms with Gasteiger partial charge in [0.15, 0.2) is 5.78 Å². The number of hydrogen-bond acceptors (Lipinski definition) is 4. The number of carbonyl (C=O) groups is 1. The fourth-order valence-electron chi connectivity index (χ4n) is 3.86. The Morgan fingerprint density at radius 1 is 0.971 bits per heavy atom. The molecule has 0 fully saturated rings. The number of nitrogens with one attached hydrogen (secondary N) is 1. The molecule has 3 aromatic carbocycles. The molecule has 0 aliphatic carbocycles. The second-order valence-corrected chi connectivity index (χ2v) is 7.83. The Balaban J connectivity index is 1.69. The molecule has 5 aromatic rings. The first-order valence-electron chi connectivity index (χ1n) is 11.0. The monoisotopic (exact) mass is 443 g/mol. The predicted molar refractivity (Wildman–Crippen MR) is 133 cm³/mol. The van der Waals surface area contributed by atoms with E-state index in [2.05, 4.69) is 11.1 Å². The van der Waals surface area contributed by atoms with Crippen LogP contribution < -0.4 is 0 Å². The summed E-state index contributed by atoms with van der Waals surface area (Å²) < 4.78 is 1.75. The van der Waals surface area contributed by atoms with Crippen LogP contribution in [0.2, 0.25) is 0 Å². The Kier molecular flexibility index (Phi) is 5.83. The molecule has 0 saturated carbocycles. The smallest absolute Gasteiger partial charge is 0.196 e. The second kappa shape index (κ2) is 9.39. The van der Waals surface area contributed by atoms with E-state index in [0.29, 0.717) is 29.9 Å². The number of carbonyl (C=O) groups excluding carboxylic acids is 1. The third-order valence-electron chi connectivity index (χ3n) is 5.51. The number of nitrogens with zero attached hydrogens (tertiary/aromatic N) is 4. The first-order valence-corrected chi connectivity index (χ1v) is 11.0. The van der Waals surface area contributed by atoms with Crippen LogP contribution in [0.1, 0.15) is 28.2 Å². The number of rotatable bonds is 7. The Bertz CT molecular complexity index is 1490. The normalized spacial score (nSPS) is 11.4. The molecule has 0 atom stereocenters. The zero-order valence-electron chi connectivity index (χ0n) is 18.3. The summed E-state index contributed by atoms with van der Waals surface area (Å²) in [6.45, 7) is 0.469. The average molecular weight is 444 g/mol. The molecule has 34 heavy (non-hydrogen) atoms. The maximum Gasteiger partial charge on any atom is 0.196 e. The minimum absolute atomic E-state index is 0.136. The van der Waals surface area contributed by atoms with Gasteiger partial charge in [-0.2, -0.15) is 10.4 Å². The highest BCUT2D eigenvalue weighted by Crippen LogP contribution is 2.28. The van der Waals surface area contributed by atoms with Crippen LogP contribution in [-0.4, -0.2) is 25.5 Å². The lowest BCUT2D eigenvalue weighted by Gasteiger charge is -2.05. The zero-order valence-corrected chi connectivity index (χ0v) is 18.3. The topological polar surface area (TPSA) is 87.4 Å². The van der Waals surface area contributed by atoms with Crippen molar-refractivity contribution in [3.05, 3.63) is 108 Å². The first-order chi connectivity index (χ1) is 16.7. The van der Waals surface area contributed by atoms with Crippen molar-refractivity contribution in [3.8, 4) is 17.3 Å². The summed E-state index contributed by atoms with van der Waals surface area (Å²) in [5.74, 6) is 0.363. The molecule has 5 rings (SSSR count). The number of H-pyrrole nitrogens is 1. The molecule has 0 spiro atoms. The SMILES string of the molecule is N#CCCn1cc(C=C(C(=O)c2ccccc2)c2nc3ccccc3[nH]2)c(-c2ccccc2)n1. The number of aryl methyl sites for hydroxylation is 1. The van der Waals surface area contributed by atoms with Gasteiger partial charge in [-0.15, -0.1) is 0 Å². The molecule has 0 radical (unpaired) electrons. The van der Waals surface area contributed by atoms with Gasteiger partial charge in [-0.05, 0) is 18.2 Å². The van der Waals surface area contributed by atoms with E-state index in [1.165, 1.54) is 0 Å². The number of aromatic amines is 1. The fraction of sp³-hybridized carbons (Fsp3) is 0.0714. The third kappa shape index (κ3) is 4.27. The largest absolute Gasteiger partial charge is 0.338 e. The fourth-order valence-corrected chi connectivity index (χ4v) is 3.86. The van der Waals surface area contributed by atoms with Crippen LogP contribution in [0.5, 0.6) is 0 Å². The van der Waals surface area contributed by atoms with Gasteiger partial charge in [-0.25, -0.2) is 4.98 Å². The van der Waals surface area contributed by atoms with Crippen molar-refractivity contribution in [1.82, 2.24) is 19.7 Å². The molecular formula is C28H21N5O. The summed E-state index contributed by atoms with van der Waals surface area (Å²) in [4.78, 5) is 21.7. The van der Waals surface area contributed by atoms with Crippen LogP contribution >= 0.6 is 0 Å². The quantitative estimate of drug-likeness (QED) is 0.256. The van der Waals surface area contributed by atoms with Crippen molar-refractivity contribution in [2.24, 2.45) is 0 Å². The Morgan fingerprint density at radius 2 is 1.68 bits per heavy atom. The third-order valence-corrected chi connectivity index (χ3v) is 5.51. The van der Waals surface area contributed by atoms with Crippen LogP contribution in [0, 0.1) is 11.3 Å². The van der Waals surface area contributed by atoms with Crippen molar-refractivity contribution in [3.63, 3.8) is 0 Å². The predicted octanol–water partition coefficient (Wildman–Crippen LogP) is 5.76. The molecule has 164 valence electrons. The standard InChI is InChI=1S/C28H21N5O/c29-16-9-17-33-19-22(26(32-33)20-10-3-1-4-11-20)18-23(27(34)21-12-5-2-6-13-21)28-30-24-14-7-8-15-25(24)31-28/h1-8,10-15,18-19H,9,17H2,(H,30,31). The van der Waals surface area contributed by atoms with Gasteiger partial charge in [0.2, 0.25) is 0 Å². The summed E-state index contributed by atoms with van der Waals surface area (Å²) in [5, 5.41) is 13.7. The number of aromatic nitrogens is 4. The molecule has 1 N–H and O–H groups in total. The van der Waals surface area contributed by atoms with E-state index >= 15 is 0 Å². The van der Waals surface area contributed by atoms with Crippen LogP contribution in [-0.2, 0) is 6.54 Å². The number of para-hydroxylation sites is 2. The van der Waals surface area contributed by atoms with Gasteiger partial charge < -0.3 is 4.98 Å². The highest BCUT2D eigenvalue weighted by molar-refractivity contribution is 6.32. The van der Waals surface area contributed by atoms with Gasteiger partial charge in [0.25, 0.3) is 0 Å². The molecule has 6 heteroatoms. The molecule has 6 nitrogen and oxygen atoms in total. The maximum absolute atomic E-state index is 13.7.